The van der Waals surface area contributed by atoms with Gasteiger partial charge in [0.25, 0.3) is 15.9 Å². The predicted molar refractivity (Wildman–Crippen MR) is 97.5 cm³/mol. The van der Waals surface area contributed by atoms with Crippen LogP contribution in [0, 0.1) is 5.82 Å². The van der Waals surface area contributed by atoms with Crippen LogP contribution in [0.5, 0.6) is 5.75 Å². The van der Waals surface area contributed by atoms with Gasteiger partial charge in [-0.05, 0) is 42.5 Å². The average Bonchev–Trinajstić information content (AvgIpc) is 2.65. The summed E-state index contributed by atoms with van der Waals surface area (Å²) in [6.45, 7) is 0. The number of hydrogen-bond donors (Lipinski definition) is 3. The van der Waals surface area contributed by atoms with Crippen LogP contribution in [0.1, 0.15) is 10.4 Å². The van der Waals surface area contributed by atoms with Crippen molar-refractivity contribution in [1.82, 2.24) is 4.98 Å². The third-order valence-electron chi connectivity index (χ3n) is 3.54. The maximum absolute atomic E-state index is 13.7. The lowest BCUT2D eigenvalue weighted by Gasteiger charge is -2.10. The van der Waals surface area contributed by atoms with Gasteiger partial charge in [0.1, 0.15) is 5.82 Å². The lowest BCUT2D eigenvalue weighted by Crippen LogP contribution is -2.16. The van der Waals surface area contributed by atoms with Crippen LogP contribution in [0.3, 0.4) is 0 Å². The standard InChI is InChI=1S/C18H14FN3O4S/c19-14-7-1-2-8-15(14)22-27(25,26)13-6-3-5-12(11-13)18(24)21-17-16(23)9-4-10-20-17/h1-11,22-23H,(H,20,21,24). The van der Waals surface area contributed by atoms with Crippen LogP contribution in [-0.4, -0.2) is 24.4 Å². The van der Waals surface area contributed by atoms with Crippen molar-refractivity contribution in [3.63, 3.8) is 0 Å². The zero-order valence-corrected chi connectivity index (χ0v) is 14.6. The van der Waals surface area contributed by atoms with Crippen molar-refractivity contribution < 1.29 is 22.7 Å². The van der Waals surface area contributed by atoms with E-state index in [2.05, 4.69) is 15.0 Å². The molecule has 2 aromatic carbocycles. The van der Waals surface area contributed by atoms with Crippen LogP contribution >= 0.6 is 0 Å². The van der Waals surface area contributed by atoms with E-state index in [-0.39, 0.29) is 27.7 Å². The van der Waals surface area contributed by atoms with E-state index < -0.39 is 21.7 Å². The van der Waals surface area contributed by atoms with Crippen molar-refractivity contribution in [1.29, 1.82) is 0 Å². The normalized spacial score (nSPS) is 11.0. The Morgan fingerprint density at radius 3 is 2.56 bits per heavy atom. The first-order chi connectivity index (χ1) is 12.9. The molecular weight excluding hydrogens is 373 g/mol. The highest BCUT2D eigenvalue weighted by molar-refractivity contribution is 7.92. The second-order valence-electron chi connectivity index (χ2n) is 5.44. The number of nitrogens with one attached hydrogen (secondary N) is 2. The number of para-hydroxylation sites is 1. The maximum atomic E-state index is 13.7. The number of aromatic nitrogens is 1. The lowest BCUT2D eigenvalue weighted by atomic mass is 10.2. The molecule has 0 bridgehead atoms. The van der Waals surface area contributed by atoms with Gasteiger partial charge in [0.15, 0.2) is 11.6 Å². The number of carbonyl (C=O) groups is 1. The van der Waals surface area contributed by atoms with Crippen molar-refractivity contribution in [3.8, 4) is 5.75 Å². The van der Waals surface area contributed by atoms with Crippen LogP contribution in [-0.2, 0) is 10.0 Å². The van der Waals surface area contributed by atoms with E-state index in [4.69, 9.17) is 0 Å². The number of amides is 1. The molecule has 1 aromatic heterocycles. The molecule has 9 heteroatoms. The molecule has 0 saturated heterocycles. The number of pyridine rings is 1. The number of benzene rings is 2. The van der Waals surface area contributed by atoms with Crippen molar-refractivity contribution in [3.05, 3.63) is 78.2 Å². The second kappa shape index (κ2) is 7.42. The fourth-order valence-electron chi connectivity index (χ4n) is 2.22. The van der Waals surface area contributed by atoms with Crippen LogP contribution in [0.25, 0.3) is 0 Å². The summed E-state index contributed by atoms with van der Waals surface area (Å²) in [4.78, 5) is 15.9. The Labute approximate surface area is 154 Å². The number of halogens is 1. The highest BCUT2D eigenvalue weighted by Gasteiger charge is 2.18. The van der Waals surface area contributed by atoms with Gasteiger partial charge in [-0.15, -0.1) is 0 Å². The molecule has 27 heavy (non-hydrogen) atoms. The van der Waals surface area contributed by atoms with Gasteiger partial charge < -0.3 is 10.4 Å². The summed E-state index contributed by atoms with van der Waals surface area (Å²) >= 11 is 0. The first kappa shape index (κ1) is 18.3. The highest BCUT2D eigenvalue weighted by atomic mass is 32.2. The van der Waals surface area contributed by atoms with Gasteiger partial charge in [-0.1, -0.05) is 18.2 Å². The van der Waals surface area contributed by atoms with Gasteiger partial charge in [-0.3, -0.25) is 9.52 Å². The number of rotatable bonds is 5. The van der Waals surface area contributed by atoms with E-state index in [1.165, 1.54) is 54.7 Å². The molecule has 7 nitrogen and oxygen atoms in total. The van der Waals surface area contributed by atoms with Gasteiger partial charge >= 0.3 is 0 Å². The summed E-state index contributed by atoms with van der Waals surface area (Å²) in [5, 5.41) is 12.1. The predicted octanol–water partition coefficient (Wildman–Crippen LogP) is 2.98. The van der Waals surface area contributed by atoms with Crippen molar-refractivity contribution in [2.24, 2.45) is 0 Å². The Hall–Kier alpha value is -3.46. The number of nitrogens with zero attached hydrogens (tertiary/aromatic N) is 1. The first-order valence-corrected chi connectivity index (χ1v) is 9.18. The molecule has 1 amide bonds. The Kier molecular flexibility index (Phi) is 5.04. The third-order valence-corrected chi connectivity index (χ3v) is 4.91. The molecule has 1 heterocycles. The van der Waals surface area contributed by atoms with Gasteiger partial charge in [0, 0.05) is 11.8 Å². The molecule has 0 unspecified atom stereocenters. The summed E-state index contributed by atoms with van der Waals surface area (Å²) < 4.78 is 40.8. The van der Waals surface area contributed by atoms with Crippen LogP contribution < -0.4 is 10.0 Å². The molecule has 3 aromatic rings. The SMILES string of the molecule is O=C(Nc1ncccc1O)c1cccc(S(=O)(=O)Nc2ccccc2F)c1. The highest BCUT2D eigenvalue weighted by Crippen LogP contribution is 2.22. The van der Waals surface area contributed by atoms with Gasteiger partial charge in [-0.25, -0.2) is 17.8 Å². The van der Waals surface area contributed by atoms with E-state index >= 15 is 0 Å². The molecule has 0 aliphatic heterocycles. The largest absolute Gasteiger partial charge is 0.504 e. The molecule has 0 aliphatic carbocycles. The molecule has 138 valence electrons. The Bertz CT molecular complexity index is 1100. The molecule has 3 rings (SSSR count). The number of anilines is 2. The Morgan fingerprint density at radius 1 is 1.04 bits per heavy atom. The van der Waals surface area contributed by atoms with E-state index in [1.807, 2.05) is 0 Å². The fourth-order valence-corrected chi connectivity index (χ4v) is 3.34. The van der Waals surface area contributed by atoms with Gasteiger partial charge in [-0.2, -0.15) is 0 Å². The molecular formula is C18H14FN3O4S. The second-order valence-corrected chi connectivity index (χ2v) is 7.12. The van der Waals surface area contributed by atoms with E-state index in [1.54, 1.807) is 0 Å². The fraction of sp³-hybridized carbons (Fsp3) is 0. The Morgan fingerprint density at radius 2 is 1.81 bits per heavy atom. The number of carbonyl (C=O) groups excluding carboxylic acids is 1. The maximum Gasteiger partial charge on any atom is 0.262 e. The summed E-state index contributed by atoms with van der Waals surface area (Å²) in [7, 11) is -4.11. The quantitative estimate of drug-likeness (QED) is 0.624. The third kappa shape index (κ3) is 4.21. The van der Waals surface area contributed by atoms with Crippen molar-refractivity contribution >= 4 is 27.4 Å². The van der Waals surface area contributed by atoms with Crippen molar-refractivity contribution in [2.45, 2.75) is 4.90 Å². The summed E-state index contributed by atoms with van der Waals surface area (Å²) in [6, 6.07) is 13.4. The molecule has 3 N–H and O–H groups in total. The van der Waals surface area contributed by atoms with E-state index in [9.17, 15) is 22.7 Å². The number of aromatic hydroxyl groups is 1. The zero-order chi connectivity index (χ0) is 19.4. The number of hydrogen-bond acceptors (Lipinski definition) is 5. The zero-order valence-electron chi connectivity index (χ0n) is 13.8. The topological polar surface area (TPSA) is 108 Å². The monoisotopic (exact) mass is 387 g/mol. The smallest absolute Gasteiger partial charge is 0.262 e. The molecule has 0 radical (unpaired) electrons. The minimum absolute atomic E-state index is 0.0245. The average molecular weight is 387 g/mol. The van der Waals surface area contributed by atoms with Crippen LogP contribution in [0.2, 0.25) is 0 Å². The van der Waals surface area contributed by atoms with Crippen molar-refractivity contribution in [2.75, 3.05) is 10.0 Å². The summed E-state index contributed by atoms with van der Waals surface area (Å²) in [5.41, 5.74) is -0.178. The van der Waals surface area contributed by atoms with Crippen LogP contribution in [0.15, 0.2) is 71.8 Å². The molecule has 0 spiro atoms. The van der Waals surface area contributed by atoms with Crippen LogP contribution in [0.4, 0.5) is 15.9 Å². The molecule has 0 saturated carbocycles. The minimum Gasteiger partial charge on any atom is -0.504 e. The molecule has 0 atom stereocenters. The first-order valence-electron chi connectivity index (χ1n) is 7.69. The number of sulfonamides is 1. The molecule has 0 fully saturated rings. The minimum atomic E-state index is -4.11. The lowest BCUT2D eigenvalue weighted by molar-refractivity contribution is 0.102. The van der Waals surface area contributed by atoms with E-state index in [0.29, 0.717) is 0 Å². The molecule has 0 aliphatic rings. The van der Waals surface area contributed by atoms with Gasteiger partial charge in [0.2, 0.25) is 0 Å². The summed E-state index contributed by atoms with van der Waals surface area (Å²) in [6.07, 6.45) is 1.38. The summed E-state index contributed by atoms with van der Waals surface area (Å²) in [5.74, 6) is -1.66. The Balaban J connectivity index is 1.85. The van der Waals surface area contributed by atoms with Gasteiger partial charge in [0.05, 0.1) is 10.6 Å². The van der Waals surface area contributed by atoms with E-state index in [0.717, 1.165) is 12.1 Å².